The van der Waals surface area contributed by atoms with Gasteiger partial charge in [0.1, 0.15) is 0 Å². The number of hydrogen-bond acceptors (Lipinski definition) is 2. The second kappa shape index (κ2) is 4.21. The number of anilines is 1. The van der Waals surface area contributed by atoms with Crippen molar-refractivity contribution in [2.45, 2.75) is 11.8 Å². The number of nitrogen functional groups attached to an aromatic ring is 1. The lowest BCUT2D eigenvalue weighted by molar-refractivity contribution is 1.31. The van der Waals surface area contributed by atoms with Crippen LogP contribution in [0.5, 0.6) is 0 Å². The van der Waals surface area contributed by atoms with Crippen LogP contribution in [0.15, 0.2) is 35.7 Å². The first-order valence-electron chi connectivity index (χ1n) is 3.84. The highest BCUT2D eigenvalue weighted by Gasteiger charge is 1.97. The molecule has 0 saturated carbocycles. The van der Waals surface area contributed by atoms with Crippen LogP contribution in [-0.2, 0) is 0 Å². The van der Waals surface area contributed by atoms with E-state index in [0.29, 0.717) is 0 Å². The number of nitrogens with two attached hydrogens (primary N) is 1. The van der Waals surface area contributed by atoms with Crippen LogP contribution in [0.25, 0.3) is 0 Å². The van der Waals surface area contributed by atoms with E-state index in [1.54, 1.807) is 11.8 Å². The minimum atomic E-state index is 0.826. The predicted octanol–water partition coefficient (Wildman–Crippen LogP) is 2.86. The van der Waals surface area contributed by atoms with Crippen LogP contribution in [0.4, 0.5) is 5.69 Å². The summed E-state index contributed by atoms with van der Waals surface area (Å²) in [6.45, 7) is 5.76. The van der Waals surface area contributed by atoms with Crippen LogP contribution in [0.2, 0.25) is 0 Å². The molecule has 0 heterocycles. The molecule has 0 unspecified atom stereocenters. The molecule has 0 bridgehead atoms. The molecular weight excluding hydrogens is 166 g/mol. The SMILES string of the molecule is C=CCSc1cc(N)ccc1C. The minimum Gasteiger partial charge on any atom is -0.399 e. The lowest BCUT2D eigenvalue weighted by Crippen LogP contribution is -1.87. The van der Waals surface area contributed by atoms with E-state index in [4.69, 9.17) is 5.73 Å². The van der Waals surface area contributed by atoms with E-state index in [1.165, 1.54) is 10.5 Å². The van der Waals surface area contributed by atoms with Gasteiger partial charge in [-0.3, -0.25) is 0 Å². The van der Waals surface area contributed by atoms with Crippen LogP contribution >= 0.6 is 11.8 Å². The van der Waals surface area contributed by atoms with Crippen molar-refractivity contribution < 1.29 is 0 Å². The fourth-order valence-corrected chi connectivity index (χ4v) is 1.73. The molecule has 0 spiro atoms. The smallest absolute Gasteiger partial charge is 0.0325 e. The molecule has 0 aliphatic heterocycles. The van der Waals surface area contributed by atoms with Crippen molar-refractivity contribution in [2.24, 2.45) is 0 Å². The monoisotopic (exact) mass is 179 g/mol. The first kappa shape index (κ1) is 9.20. The third kappa shape index (κ3) is 2.31. The summed E-state index contributed by atoms with van der Waals surface area (Å²) in [5, 5.41) is 0. The first-order valence-corrected chi connectivity index (χ1v) is 4.82. The third-order valence-electron chi connectivity index (χ3n) is 1.57. The molecule has 0 saturated heterocycles. The number of rotatable bonds is 3. The van der Waals surface area contributed by atoms with E-state index in [1.807, 2.05) is 24.3 Å². The Hall–Kier alpha value is -0.890. The average Bonchev–Trinajstić information content (AvgIpc) is 2.07. The van der Waals surface area contributed by atoms with Crippen molar-refractivity contribution in [3.8, 4) is 0 Å². The average molecular weight is 179 g/mol. The molecule has 2 N–H and O–H groups in total. The van der Waals surface area contributed by atoms with Gasteiger partial charge in [0.05, 0.1) is 0 Å². The van der Waals surface area contributed by atoms with E-state index in [2.05, 4.69) is 13.5 Å². The summed E-state index contributed by atoms with van der Waals surface area (Å²) in [5.74, 6) is 0.935. The van der Waals surface area contributed by atoms with Gasteiger partial charge in [0.15, 0.2) is 0 Å². The van der Waals surface area contributed by atoms with Gasteiger partial charge >= 0.3 is 0 Å². The number of benzene rings is 1. The van der Waals surface area contributed by atoms with E-state index in [0.717, 1.165) is 11.4 Å². The van der Waals surface area contributed by atoms with Gasteiger partial charge in [-0.2, -0.15) is 0 Å². The molecular formula is C10H13NS. The van der Waals surface area contributed by atoms with Crippen molar-refractivity contribution >= 4 is 17.4 Å². The molecule has 0 atom stereocenters. The molecule has 0 amide bonds. The van der Waals surface area contributed by atoms with Crippen LogP contribution in [0.1, 0.15) is 5.56 Å². The van der Waals surface area contributed by atoms with Gasteiger partial charge in [0, 0.05) is 16.3 Å². The molecule has 0 aromatic heterocycles. The van der Waals surface area contributed by atoms with Gasteiger partial charge in [0.2, 0.25) is 0 Å². The lowest BCUT2D eigenvalue weighted by atomic mass is 10.2. The zero-order valence-corrected chi connectivity index (χ0v) is 8.03. The molecule has 64 valence electrons. The molecule has 1 aromatic rings. The van der Waals surface area contributed by atoms with Crippen molar-refractivity contribution in [3.63, 3.8) is 0 Å². The molecule has 0 fully saturated rings. The Morgan fingerprint density at radius 1 is 1.58 bits per heavy atom. The molecule has 12 heavy (non-hydrogen) atoms. The third-order valence-corrected chi connectivity index (χ3v) is 2.72. The van der Waals surface area contributed by atoms with E-state index in [9.17, 15) is 0 Å². The lowest BCUT2D eigenvalue weighted by Gasteiger charge is -2.04. The Morgan fingerprint density at radius 3 is 3.00 bits per heavy atom. The van der Waals surface area contributed by atoms with Gasteiger partial charge in [-0.05, 0) is 24.6 Å². The van der Waals surface area contributed by atoms with Crippen molar-refractivity contribution in [1.82, 2.24) is 0 Å². The highest BCUT2D eigenvalue weighted by molar-refractivity contribution is 7.99. The van der Waals surface area contributed by atoms with Crippen molar-refractivity contribution in [2.75, 3.05) is 11.5 Å². The number of thioether (sulfide) groups is 1. The van der Waals surface area contributed by atoms with Crippen LogP contribution < -0.4 is 5.73 Å². The molecule has 2 heteroatoms. The van der Waals surface area contributed by atoms with Crippen LogP contribution in [0, 0.1) is 6.92 Å². The number of hydrogen-bond donors (Lipinski definition) is 1. The maximum absolute atomic E-state index is 5.66. The molecule has 1 aromatic carbocycles. The highest BCUT2D eigenvalue weighted by atomic mass is 32.2. The first-order chi connectivity index (χ1) is 5.74. The maximum atomic E-state index is 5.66. The predicted molar refractivity (Wildman–Crippen MR) is 56.5 cm³/mol. The quantitative estimate of drug-likeness (QED) is 0.438. The summed E-state index contributed by atoms with van der Waals surface area (Å²) < 4.78 is 0. The minimum absolute atomic E-state index is 0.826. The van der Waals surface area contributed by atoms with E-state index >= 15 is 0 Å². The van der Waals surface area contributed by atoms with Crippen LogP contribution in [0.3, 0.4) is 0 Å². The number of aryl methyl sites for hydroxylation is 1. The zero-order chi connectivity index (χ0) is 8.97. The van der Waals surface area contributed by atoms with Gasteiger partial charge in [-0.15, -0.1) is 18.3 Å². The maximum Gasteiger partial charge on any atom is 0.0325 e. The fraction of sp³-hybridized carbons (Fsp3) is 0.200. The second-order valence-electron chi connectivity index (χ2n) is 2.62. The standard InChI is InChI=1S/C10H13NS/c1-3-6-12-10-7-9(11)5-4-8(10)2/h3-5,7H,1,6,11H2,2H3. The molecule has 0 radical (unpaired) electrons. The zero-order valence-electron chi connectivity index (χ0n) is 7.21. The largest absolute Gasteiger partial charge is 0.399 e. The van der Waals surface area contributed by atoms with Crippen LogP contribution in [-0.4, -0.2) is 5.75 Å². The molecule has 0 aliphatic carbocycles. The normalized spacial score (nSPS) is 9.75. The highest BCUT2D eigenvalue weighted by Crippen LogP contribution is 2.24. The summed E-state index contributed by atoms with van der Waals surface area (Å²) in [5.41, 5.74) is 7.76. The Balaban J connectivity index is 2.82. The Labute approximate surface area is 77.7 Å². The Kier molecular flexibility index (Phi) is 3.23. The summed E-state index contributed by atoms with van der Waals surface area (Å²) >= 11 is 1.76. The molecule has 0 aliphatic rings. The second-order valence-corrected chi connectivity index (χ2v) is 3.69. The molecule has 1 rings (SSSR count). The topological polar surface area (TPSA) is 26.0 Å². The van der Waals surface area contributed by atoms with Crippen molar-refractivity contribution in [1.29, 1.82) is 0 Å². The van der Waals surface area contributed by atoms with Gasteiger partial charge < -0.3 is 5.73 Å². The Bertz CT molecular complexity index is 281. The van der Waals surface area contributed by atoms with Gasteiger partial charge in [0.25, 0.3) is 0 Å². The van der Waals surface area contributed by atoms with Gasteiger partial charge in [-0.1, -0.05) is 12.1 Å². The Morgan fingerprint density at radius 2 is 2.33 bits per heavy atom. The summed E-state index contributed by atoms with van der Waals surface area (Å²) in [6.07, 6.45) is 1.90. The summed E-state index contributed by atoms with van der Waals surface area (Å²) in [7, 11) is 0. The van der Waals surface area contributed by atoms with Crippen molar-refractivity contribution in [3.05, 3.63) is 36.4 Å². The fourth-order valence-electron chi connectivity index (χ4n) is 0.921. The summed E-state index contributed by atoms with van der Waals surface area (Å²) in [4.78, 5) is 1.25. The van der Waals surface area contributed by atoms with Gasteiger partial charge in [-0.25, -0.2) is 0 Å². The van der Waals surface area contributed by atoms with E-state index < -0.39 is 0 Å². The molecule has 1 nitrogen and oxygen atoms in total. The summed E-state index contributed by atoms with van der Waals surface area (Å²) in [6, 6.07) is 5.97. The van der Waals surface area contributed by atoms with E-state index in [-0.39, 0.29) is 0 Å².